The fraction of sp³-hybridized carbons (Fsp3) is 0.143. The zero-order valence-electron chi connectivity index (χ0n) is 7.02. The quantitative estimate of drug-likeness (QED) is 0.653. The minimum atomic E-state index is -4.46. The van der Waals surface area contributed by atoms with Crippen LogP contribution in [0.25, 0.3) is 0 Å². The summed E-state index contributed by atoms with van der Waals surface area (Å²) in [6.45, 7) is 0. The minimum absolute atomic E-state index is 0.224. The largest absolute Gasteiger partial charge is 0.416 e. The van der Waals surface area contributed by atoms with Crippen LogP contribution in [-0.4, -0.2) is 8.42 Å². The third-order valence-electron chi connectivity index (χ3n) is 1.38. The average Bonchev–Trinajstić information content (AvgIpc) is 2.00. The van der Waals surface area contributed by atoms with Crippen molar-refractivity contribution in [1.82, 2.24) is 0 Å². The molecular formula is C7H5F3O3S2. The molecule has 0 aromatic heterocycles. The monoisotopic (exact) mass is 258 g/mol. The van der Waals surface area contributed by atoms with Crippen LogP contribution in [0.4, 0.5) is 13.2 Å². The van der Waals surface area contributed by atoms with Crippen molar-refractivity contribution in [3.05, 3.63) is 29.8 Å². The Labute approximate surface area is 88.8 Å². The van der Waals surface area contributed by atoms with E-state index in [9.17, 15) is 21.6 Å². The highest BCUT2D eigenvalue weighted by Crippen LogP contribution is 2.30. The fourth-order valence-electron chi connectivity index (χ4n) is 0.821. The highest BCUT2D eigenvalue weighted by Gasteiger charge is 2.30. The van der Waals surface area contributed by atoms with Gasteiger partial charge in [0.05, 0.1) is 5.56 Å². The van der Waals surface area contributed by atoms with Gasteiger partial charge in [-0.05, 0) is 35.9 Å². The Hall–Kier alpha value is -0.890. The molecule has 0 spiro atoms. The first-order valence-corrected chi connectivity index (χ1v) is 5.99. The molecule has 3 nitrogen and oxygen atoms in total. The third kappa shape index (κ3) is 4.00. The van der Waals surface area contributed by atoms with Crippen LogP contribution in [0.3, 0.4) is 0 Å². The van der Waals surface area contributed by atoms with Crippen molar-refractivity contribution in [2.45, 2.75) is 6.18 Å². The number of halogens is 3. The van der Waals surface area contributed by atoms with E-state index >= 15 is 0 Å². The molecular weight excluding hydrogens is 253 g/mol. The molecule has 0 aliphatic heterocycles. The maximum atomic E-state index is 12.1. The number of benzene rings is 1. The van der Waals surface area contributed by atoms with E-state index in [1.807, 2.05) is 0 Å². The topological polar surface area (TPSA) is 43.4 Å². The number of alkyl halides is 3. The van der Waals surface area contributed by atoms with Gasteiger partial charge in [-0.25, -0.2) is 0 Å². The highest BCUT2D eigenvalue weighted by atomic mass is 33.1. The van der Waals surface area contributed by atoms with Gasteiger partial charge in [-0.2, -0.15) is 21.6 Å². The molecule has 0 unspecified atom stereocenters. The molecule has 1 aromatic rings. The van der Waals surface area contributed by atoms with E-state index in [4.69, 9.17) is 0 Å². The van der Waals surface area contributed by atoms with Crippen molar-refractivity contribution in [2.75, 3.05) is 0 Å². The predicted octanol–water partition coefficient (Wildman–Crippen LogP) is 2.26. The van der Waals surface area contributed by atoms with Gasteiger partial charge in [0.25, 0.3) is 0 Å². The Morgan fingerprint density at radius 3 is 1.93 bits per heavy atom. The molecule has 0 aliphatic carbocycles. The van der Waals surface area contributed by atoms with Gasteiger partial charge in [-0.1, -0.05) is 0 Å². The zero-order valence-corrected chi connectivity index (χ0v) is 8.73. The summed E-state index contributed by atoms with van der Waals surface area (Å²) in [5.41, 5.74) is -0.883. The molecule has 0 radical (unpaired) electrons. The van der Waals surface area contributed by atoms with Crippen LogP contribution in [0.2, 0.25) is 0 Å². The predicted molar refractivity (Wildman–Crippen MR) is 50.0 cm³/mol. The van der Waals surface area contributed by atoms with E-state index in [-0.39, 0.29) is 5.75 Å². The van der Waals surface area contributed by atoms with Crippen molar-refractivity contribution in [3.63, 3.8) is 0 Å². The summed E-state index contributed by atoms with van der Waals surface area (Å²) in [4.78, 5) is 0. The van der Waals surface area contributed by atoms with E-state index in [0.717, 1.165) is 12.1 Å². The summed E-state index contributed by atoms with van der Waals surface area (Å²) >= 11 is 3.08. The first-order valence-electron chi connectivity index (χ1n) is 3.53. The number of hydrogen-bond acceptors (Lipinski definition) is 3. The molecule has 0 saturated heterocycles. The second kappa shape index (κ2) is 3.93. The van der Waals surface area contributed by atoms with Gasteiger partial charge < -0.3 is 4.18 Å². The van der Waals surface area contributed by atoms with Gasteiger partial charge in [-0.3, -0.25) is 0 Å². The standard InChI is InChI=1S/C7H5F3O3S2/c8-7(9,10)5-1-3-6(4-2-5)13-15(11,12)14/h1-4H,(H,11,12,14). The molecule has 0 heterocycles. The average molecular weight is 258 g/mol. The second-order valence-electron chi connectivity index (χ2n) is 2.53. The summed E-state index contributed by atoms with van der Waals surface area (Å²) in [5, 5.41) is 0. The molecule has 0 amide bonds. The summed E-state index contributed by atoms with van der Waals surface area (Å²) in [7, 11) is -4.01. The SMILES string of the molecule is O=S(=O)(S)Oc1ccc(C(F)(F)F)cc1. The van der Waals surface area contributed by atoms with E-state index in [1.165, 1.54) is 0 Å². The Balaban J connectivity index is 2.91. The van der Waals surface area contributed by atoms with Crippen LogP contribution in [0.1, 0.15) is 5.56 Å². The van der Waals surface area contributed by atoms with Crippen LogP contribution < -0.4 is 4.18 Å². The normalized spacial score (nSPS) is 12.5. The van der Waals surface area contributed by atoms with Gasteiger partial charge in [0.15, 0.2) is 0 Å². The summed E-state index contributed by atoms with van der Waals surface area (Å²) in [5.74, 6) is -0.224. The van der Waals surface area contributed by atoms with Gasteiger partial charge in [0, 0.05) is 0 Å². The lowest BCUT2D eigenvalue weighted by Gasteiger charge is -2.07. The fourth-order valence-corrected chi connectivity index (χ4v) is 1.43. The first-order chi connectivity index (χ1) is 6.68. The smallest absolute Gasteiger partial charge is 0.375 e. The highest BCUT2D eigenvalue weighted by molar-refractivity contribution is 8.61. The second-order valence-corrected chi connectivity index (χ2v) is 4.90. The summed E-state index contributed by atoms with van der Waals surface area (Å²) in [6, 6.07) is 3.23. The van der Waals surface area contributed by atoms with Crippen LogP contribution in [0.5, 0.6) is 5.75 Å². The maximum Gasteiger partial charge on any atom is 0.416 e. The van der Waals surface area contributed by atoms with Crippen molar-refractivity contribution in [2.24, 2.45) is 0 Å². The van der Waals surface area contributed by atoms with E-state index in [1.54, 1.807) is 0 Å². The van der Waals surface area contributed by atoms with Gasteiger partial charge >= 0.3 is 15.3 Å². The molecule has 1 rings (SSSR count). The van der Waals surface area contributed by atoms with Gasteiger partial charge in [-0.15, -0.1) is 0 Å². The molecule has 0 N–H and O–H groups in total. The molecule has 0 atom stereocenters. The number of hydrogen-bond donors (Lipinski definition) is 1. The molecule has 8 heteroatoms. The van der Waals surface area contributed by atoms with E-state index < -0.39 is 20.9 Å². The summed E-state index contributed by atoms with van der Waals surface area (Å²) < 4.78 is 61.5. The number of rotatable bonds is 2. The Morgan fingerprint density at radius 2 is 1.60 bits per heavy atom. The Kier molecular flexibility index (Phi) is 3.19. The van der Waals surface area contributed by atoms with E-state index in [2.05, 4.69) is 15.8 Å². The third-order valence-corrected chi connectivity index (χ3v) is 2.01. The van der Waals surface area contributed by atoms with Crippen molar-refractivity contribution in [3.8, 4) is 5.75 Å². The van der Waals surface area contributed by atoms with Gasteiger partial charge in [0.1, 0.15) is 5.75 Å². The van der Waals surface area contributed by atoms with E-state index in [0.29, 0.717) is 12.1 Å². The van der Waals surface area contributed by atoms with Crippen LogP contribution >= 0.6 is 11.7 Å². The molecule has 1 aromatic carbocycles. The molecule has 0 bridgehead atoms. The zero-order chi connectivity index (χ0) is 11.7. The number of thiol groups is 1. The van der Waals surface area contributed by atoms with Crippen molar-refractivity contribution >= 4 is 20.8 Å². The van der Waals surface area contributed by atoms with Crippen molar-refractivity contribution in [1.29, 1.82) is 0 Å². The molecule has 84 valence electrons. The first kappa shape index (κ1) is 12.2. The van der Waals surface area contributed by atoms with Crippen molar-refractivity contribution < 1.29 is 25.8 Å². The molecule has 0 saturated carbocycles. The van der Waals surface area contributed by atoms with Crippen LogP contribution in [-0.2, 0) is 15.3 Å². The lowest BCUT2D eigenvalue weighted by atomic mass is 10.2. The maximum absolute atomic E-state index is 12.1. The van der Waals surface area contributed by atoms with Gasteiger partial charge in [0.2, 0.25) is 0 Å². The van der Waals surface area contributed by atoms with Crippen LogP contribution in [0, 0.1) is 0 Å². The minimum Gasteiger partial charge on any atom is -0.375 e. The molecule has 0 fully saturated rings. The lowest BCUT2D eigenvalue weighted by Crippen LogP contribution is -2.05. The molecule has 0 aliphatic rings. The Morgan fingerprint density at radius 1 is 1.13 bits per heavy atom. The molecule has 15 heavy (non-hydrogen) atoms. The lowest BCUT2D eigenvalue weighted by molar-refractivity contribution is -0.137. The Bertz CT molecular complexity index is 436. The summed E-state index contributed by atoms with van der Waals surface area (Å²) in [6.07, 6.45) is -4.46. The van der Waals surface area contributed by atoms with Crippen LogP contribution in [0.15, 0.2) is 24.3 Å².